The number of ether oxygens (including phenoxy) is 3. The molecule has 0 aromatic heterocycles. The predicted octanol–water partition coefficient (Wildman–Crippen LogP) is 20.0. The molecule has 0 N–H and O–H groups in total. The van der Waals surface area contributed by atoms with Gasteiger partial charge in [0.1, 0.15) is 13.2 Å². The number of rotatable bonds is 54. The lowest BCUT2D eigenvalue weighted by molar-refractivity contribution is -0.166. The Bertz CT molecular complexity index is 1250. The summed E-state index contributed by atoms with van der Waals surface area (Å²) in [6.07, 6.45) is 72.9. The van der Waals surface area contributed by atoms with Crippen molar-refractivity contribution in [1.82, 2.24) is 0 Å². The first kappa shape index (κ1) is 66.1. The molecule has 400 valence electrons. The van der Waals surface area contributed by atoms with Crippen LogP contribution in [0.1, 0.15) is 303 Å². The number of carbonyl (C=O) groups excluding carboxylic acids is 3. The molecule has 1 atom stereocenters. The van der Waals surface area contributed by atoms with E-state index in [1.807, 2.05) is 6.08 Å². The largest absolute Gasteiger partial charge is 0.462 e. The Balaban J connectivity index is 4.13. The van der Waals surface area contributed by atoms with Gasteiger partial charge in [0, 0.05) is 12.8 Å². The minimum atomic E-state index is -0.824. The summed E-state index contributed by atoms with van der Waals surface area (Å²) in [7, 11) is 0. The van der Waals surface area contributed by atoms with Gasteiger partial charge in [0.15, 0.2) is 6.10 Å². The lowest BCUT2D eigenvalue weighted by atomic mass is 10.0. The van der Waals surface area contributed by atoms with Crippen LogP contribution in [0.3, 0.4) is 0 Å². The molecule has 0 amide bonds. The van der Waals surface area contributed by atoms with Gasteiger partial charge < -0.3 is 14.2 Å². The van der Waals surface area contributed by atoms with Crippen molar-refractivity contribution in [2.45, 2.75) is 309 Å². The van der Waals surface area contributed by atoms with Crippen LogP contribution in [-0.4, -0.2) is 37.2 Å². The lowest BCUT2D eigenvalue weighted by Gasteiger charge is -2.18. The standard InChI is InChI=1S/C63H112O6/c1-4-7-10-13-16-19-21-23-25-26-27-28-29-30-31-32-33-34-35-36-37-39-40-42-44-47-50-53-56-62(65)68-59-60(58-67-61(64)55-52-49-46-18-15-12-9-6-3)69-63(66)57-54-51-48-45-43-41-38-24-22-20-17-14-11-8-5-2/h8,11,17,20,24,38,43,45,51,54,60H,4-7,9-10,12-16,18-19,21-23,25-37,39-42,44,46-50,52-53,55-59H2,1-3H3/b11-8-,20-17-,38-24-,45-43-,54-51-. The van der Waals surface area contributed by atoms with Gasteiger partial charge in [0.2, 0.25) is 0 Å². The summed E-state index contributed by atoms with van der Waals surface area (Å²) in [5, 5.41) is 0. The molecule has 0 bridgehead atoms. The number of carbonyl (C=O) groups is 3. The van der Waals surface area contributed by atoms with Crippen LogP contribution in [0.15, 0.2) is 60.8 Å². The number of hydrogen-bond donors (Lipinski definition) is 0. The molecule has 0 aromatic carbocycles. The van der Waals surface area contributed by atoms with Gasteiger partial charge in [-0.15, -0.1) is 0 Å². The smallest absolute Gasteiger partial charge is 0.310 e. The van der Waals surface area contributed by atoms with E-state index < -0.39 is 12.1 Å². The van der Waals surface area contributed by atoms with Crippen LogP contribution in [0.25, 0.3) is 0 Å². The van der Waals surface area contributed by atoms with Crippen LogP contribution >= 0.6 is 0 Å². The number of hydrogen-bond acceptors (Lipinski definition) is 6. The van der Waals surface area contributed by atoms with Gasteiger partial charge in [0.25, 0.3) is 0 Å². The third-order valence-electron chi connectivity index (χ3n) is 13.1. The molecule has 0 aliphatic carbocycles. The SMILES string of the molecule is CC/C=C\C/C=C\C/C=C\C/C=C\C/C=C\CC(=O)OC(COC(=O)CCCCCCCCCC)COC(=O)CCCCCCCCCCCCCCCCCCCCCCCCCCCCCC. The maximum absolute atomic E-state index is 12.7. The van der Waals surface area contributed by atoms with Gasteiger partial charge in [-0.1, -0.05) is 300 Å². The molecule has 0 radical (unpaired) electrons. The topological polar surface area (TPSA) is 78.9 Å². The van der Waals surface area contributed by atoms with Crippen molar-refractivity contribution >= 4 is 17.9 Å². The normalized spacial score (nSPS) is 12.4. The van der Waals surface area contributed by atoms with E-state index in [1.54, 1.807) is 6.08 Å². The van der Waals surface area contributed by atoms with Crippen molar-refractivity contribution in [2.24, 2.45) is 0 Å². The van der Waals surface area contributed by atoms with Crippen LogP contribution in [0.5, 0.6) is 0 Å². The number of unbranched alkanes of at least 4 members (excludes halogenated alkanes) is 34. The van der Waals surface area contributed by atoms with Crippen LogP contribution in [0.2, 0.25) is 0 Å². The molecule has 1 unspecified atom stereocenters. The molecular weight excluding hydrogens is 853 g/mol. The Morgan fingerprint density at radius 1 is 0.304 bits per heavy atom. The zero-order chi connectivity index (χ0) is 50.0. The maximum Gasteiger partial charge on any atom is 0.310 e. The van der Waals surface area contributed by atoms with Gasteiger partial charge in [-0.05, 0) is 44.9 Å². The highest BCUT2D eigenvalue weighted by Crippen LogP contribution is 2.17. The van der Waals surface area contributed by atoms with E-state index in [2.05, 4.69) is 69.4 Å². The van der Waals surface area contributed by atoms with E-state index >= 15 is 0 Å². The zero-order valence-corrected chi connectivity index (χ0v) is 45.8. The fraction of sp³-hybridized carbons (Fsp3) is 0.794. The molecule has 6 nitrogen and oxygen atoms in total. The molecule has 0 saturated heterocycles. The summed E-state index contributed by atoms with van der Waals surface area (Å²) < 4.78 is 16.7. The van der Waals surface area contributed by atoms with Crippen LogP contribution in [-0.2, 0) is 28.6 Å². The first-order chi connectivity index (χ1) is 34.0. The Kier molecular flexibility index (Phi) is 55.3. The fourth-order valence-electron chi connectivity index (χ4n) is 8.64. The van der Waals surface area contributed by atoms with E-state index in [0.717, 1.165) is 70.6 Å². The third kappa shape index (κ3) is 55.9. The average Bonchev–Trinajstić information content (AvgIpc) is 3.35. The molecule has 0 aliphatic rings. The van der Waals surface area contributed by atoms with Gasteiger partial charge in [0.05, 0.1) is 6.42 Å². The first-order valence-electron chi connectivity index (χ1n) is 29.8. The van der Waals surface area contributed by atoms with Gasteiger partial charge in [-0.3, -0.25) is 14.4 Å². The summed E-state index contributed by atoms with van der Waals surface area (Å²) in [4.78, 5) is 37.9. The van der Waals surface area contributed by atoms with Gasteiger partial charge >= 0.3 is 17.9 Å². The maximum atomic E-state index is 12.7. The summed E-state index contributed by atoms with van der Waals surface area (Å²) >= 11 is 0. The quantitative estimate of drug-likeness (QED) is 0.0262. The van der Waals surface area contributed by atoms with Crippen molar-refractivity contribution in [1.29, 1.82) is 0 Å². The summed E-state index contributed by atoms with van der Waals surface area (Å²) in [6.45, 7) is 6.44. The van der Waals surface area contributed by atoms with E-state index in [4.69, 9.17) is 14.2 Å². The number of allylic oxidation sites excluding steroid dienone is 9. The Labute approximate surface area is 428 Å². The van der Waals surface area contributed by atoms with Crippen molar-refractivity contribution in [2.75, 3.05) is 13.2 Å². The molecular formula is C63H112O6. The summed E-state index contributed by atoms with van der Waals surface area (Å²) in [5.41, 5.74) is 0. The second-order valence-electron chi connectivity index (χ2n) is 19.9. The summed E-state index contributed by atoms with van der Waals surface area (Å²) in [6, 6.07) is 0. The van der Waals surface area contributed by atoms with Gasteiger partial charge in [-0.2, -0.15) is 0 Å². The van der Waals surface area contributed by atoms with Crippen molar-refractivity contribution in [3.05, 3.63) is 60.8 Å². The second-order valence-corrected chi connectivity index (χ2v) is 19.9. The molecule has 0 aliphatic heterocycles. The molecule has 0 fully saturated rings. The van der Waals surface area contributed by atoms with Crippen molar-refractivity contribution in [3.8, 4) is 0 Å². The molecule has 0 heterocycles. The van der Waals surface area contributed by atoms with Gasteiger partial charge in [-0.25, -0.2) is 0 Å². The highest BCUT2D eigenvalue weighted by atomic mass is 16.6. The highest BCUT2D eigenvalue weighted by molar-refractivity contribution is 5.72. The monoisotopic (exact) mass is 965 g/mol. The summed E-state index contributed by atoms with van der Waals surface area (Å²) in [5.74, 6) is -1.03. The van der Waals surface area contributed by atoms with Crippen LogP contribution in [0, 0.1) is 0 Å². The minimum Gasteiger partial charge on any atom is -0.462 e. The minimum absolute atomic E-state index is 0.101. The van der Waals surface area contributed by atoms with E-state index in [0.29, 0.717) is 12.8 Å². The van der Waals surface area contributed by atoms with E-state index in [9.17, 15) is 14.4 Å². The molecule has 6 heteroatoms. The van der Waals surface area contributed by atoms with Crippen LogP contribution in [0.4, 0.5) is 0 Å². The molecule has 0 spiro atoms. The highest BCUT2D eigenvalue weighted by Gasteiger charge is 2.19. The fourth-order valence-corrected chi connectivity index (χ4v) is 8.64. The lowest BCUT2D eigenvalue weighted by Crippen LogP contribution is -2.30. The Morgan fingerprint density at radius 2 is 0.551 bits per heavy atom. The molecule has 0 aromatic rings. The predicted molar refractivity (Wildman–Crippen MR) is 298 cm³/mol. The van der Waals surface area contributed by atoms with Crippen LogP contribution < -0.4 is 0 Å². The molecule has 0 saturated carbocycles. The second kappa shape index (κ2) is 57.7. The van der Waals surface area contributed by atoms with E-state index in [-0.39, 0.29) is 31.6 Å². The average molecular weight is 966 g/mol. The van der Waals surface area contributed by atoms with E-state index in [1.165, 1.54) is 193 Å². The van der Waals surface area contributed by atoms with Crippen molar-refractivity contribution < 1.29 is 28.6 Å². The molecule has 0 rings (SSSR count). The zero-order valence-electron chi connectivity index (χ0n) is 45.8. The Hall–Kier alpha value is -2.89. The number of esters is 3. The Morgan fingerprint density at radius 3 is 0.826 bits per heavy atom. The first-order valence-corrected chi connectivity index (χ1v) is 29.8. The van der Waals surface area contributed by atoms with Crippen molar-refractivity contribution in [3.63, 3.8) is 0 Å². The molecule has 69 heavy (non-hydrogen) atoms. The third-order valence-corrected chi connectivity index (χ3v) is 13.1.